The van der Waals surface area contributed by atoms with Crippen molar-refractivity contribution in [3.63, 3.8) is 0 Å². The van der Waals surface area contributed by atoms with Crippen LogP contribution in [-0.4, -0.2) is 51.5 Å². The number of ether oxygens (including phenoxy) is 1. The molecule has 0 aromatic heterocycles. The first kappa shape index (κ1) is 22.8. The summed E-state index contributed by atoms with van der Waals surface area (Å²) in [5.74, 6) is 4.39. The van der Waals surface area contributed by atoms with Crippen molar-refractivity contribution >= 4 is 15.9 Å². The highest BCUT2D eigenvalue weighted by atomic mass is 32.2. The fourth-order valence-electron chi connectivity index (χ4n) is 2.92. The molecule has 1 N–H and O–H groups in total. The van der Waals surface area contributed by atoms with Crippen molar-refractivity contribution in [3.8, 4) is 11.8 Å². The zero-order valence-electron chi connectivity index (χ0n) is 16.3. The van der Waals surface area contributed by atoms with Crippen LogP contribution in [0, 0.1) is 11.8 Å². The number of hydrogen-bond donors (Lipinski definition) is 1. The standard InChI is InChI=1S/C21H19F3N2O4S/c22-21(23,24)19-6-2-1-4-16(19)5-3-11-25-20(27)17-7-9-18(10-8-17)31(28,29)26-12-14-30-15-13-26/h1-2,4,6-10H,11-15H2,(H,25,27). The molecule has 1 amide bonds. The van der Waals surface area contributed by atoms with E-state index in [0.29, 0.717) is 13.2 Å². The van der Waals surface area contributed by atoms with E-state index in [9.17, 15) is 26.4 Å². The molecule has 0 atom stereocenters. The summed E-state index contributed by atoms with van der Waals surface area (Å²) in [6, 6.07) is 10.3. The number of amides is 1. The number of halogens is 3. The summed E-state index contributed by atoms with van der Waals surface area (Å²) in [6.45, 7) is 1.02. The molecule has 0 aliphatic carbocycles. The Kier molecular flexibility index (Phi) is 7.00. The van der Waals surface area contributed by atoms with Crippen LogP contribution in [0.2, 0.25) is 0 Å². The number of nitrogens with zero attached hydrogens (tertiary/aromatic N) is 1. The van der Waals surface area contributed by atoms with Crippen LogP contribution in [-0.2, 0) is 20.9 Å². The highest BCUT2D eigenvalue weighted by molar-refractivity contribution is 7.89. The van der Waals surface area contributed by atoms with Gasteiger partial charge >= 0.3 is 6.18 Å². The molecule has 0 unspecified atom stereocenters. The summed E-state index contributed by atoms with van der Waals surface area (Å²) >= 11 is 0. The predicted octanol–water partition coefficient (Wildman–Crippen LogP) is 2.51. The van der Waals surface area contributed by atoms with Gasteiger partial charge in [-0.3, -0.25) is 4.79 Å². The molecule has 164 valence electrons. The molecular weight excluding hydrogens is 433 g/mol. The number of sulfonamides is 1. The molecule has 0 radical (unpaired) electrons. The van der Waals surface area contributed by atoms with Crippen molar-refractivity contribution in [2.24, 2.45) is 0 Å². The normalized spacial score (nSPS) is 15.1. The van der Waals surface area contributed by atoms with E-state index in [1.807, 2.05) is 0 Å². The van der Waals surface area contributed by atoms with Crippen LogP contribution in [0.15, 0.2) is 53.4 Å². The summed E-state index contributed by atoms with van der Waals surface area (Å²) in [7, 11) is -3.66. The van der Waals surface area contributed by atoms with Crippen molar-refractivity contribution in [1.29, 1.82) is 0 Å². The van der Waals surface area contributed by atoms with E-state index >= 15 is 0 Å². The molecule has 0 bridgehead atoms. The largest absolute Gasteiger partial charge is 0.417 e. The molecule has 1 saturated heterocycles. The number of nitrogens with one attached hydrogen (secondary N) is 1. The van der Waals surface area contributed by atoms with E-state index in [-0.39, 0.29) is 35.7 Å². The SMILES string of the molecule is O=C(NCC#Cc1ccccc1C(F)(F)F)c1ccc(S(=O)(=O)N2CCOCC2)cc1. The molecule has 1 fully saturated rings. The summed E-state index contributed by atoms with van der Waals surface area (Å²) in [5, 5.41) is 2.48. The maximum Gasteiger partial charge on any atom is 0.417 e. The monoisotopic (exact) mass is 452 g/mol. The third-order valence-corrected chi connectivity index (χ3v) is 6.43. The Labute approximate surface area is 178 Å². The van der Waals surface area contributed by atoms with Crippen molar-refractivity contribution in [2.45, 2.75) is 11.1 Å². The summed E-state index contributed by atoms with van der Waals surface area (Å²) in [4.78, 5) is 12.3. The maximum atomic E-state index is 13.0. The number of hydrogen-bond acceptors (Lipinski definition) is 4. The van der Waals surface area contributed by atoms with Gasteiger partial charge in [-0.1, -0.05) is 24.0 Å². The summed E-state index contributed by atoms with van der Waals surface area (Å²) in [5.41, 5.74) is -0.814. The van der Waals surface area contributed by atoms with Crippen LogP contribution in [0.4, 0.5) is 13.2 Å². The van der Waals surface area contributed by atoms with Gasteiger partial charge in [0.05, 0.1) is 30.2 Å². The quantitative estimate of drug-likeness (QED) is 0.724. The molecule has 10 heteroatoms. The average Bonchev–Trinajstić information content (AvgIpc) is 2.77. The molecule has 3 rings (SSSR count). The molecule has 1 aliphatic heterocycles. The van der Waals surface area contributed by atoms with Crippen LogP contribution < -0.4 is 5.32 Å². The van der Waals surface area contributed by atoms with Crippen molar-refractivity contribution < 1.29 is 31.1 Å². The molecule has 2 aromatic rings. The van der Waals surface area contributed by atoms with Crippen LogP contribution in [0.1, 0.15) is 21.5 Å². The first-order valence-electron chi connectivity index (χ1n) is 9.31. The highest BCUT2D eigenvalue weighted by Gasteiger charge is 2.32. The zero-order chi connectivity index (χ0) is 22.5. The number of carbonyl (C=O) groups excluding carboxylic acids is 1. The summed E-state index contributed by atoms with van der Waals surface area (Å²) in [6.07, 6.45) is -4.52. The Bertz CT molecular complexity index is 1100. The van der Waals surface area contributed by atoms with E-state index in [4.69, 9.17) is 4.74 Å². The zero-order valence-corrected chi connectivity index (χ0v) is 17.1. The molecule has 1 aliphatic rings. The van der Waals surface area contributed by atoms with Crippen LogP contribution in [0.3, 0.4) is 0 Å². The second-order valence-corrected chi connectivity index (χ2v) is 8.51. The maximum absolute atomic E-state index is 13.0. The smallest absolute Gasteiger partial charge is 0.379 e. The van der Waals surface area contributed by atoms with Gasteiger partial charge in [-0.05, 0) is 36.4 Å². The third-order valence-electron chi connectivity index (χ3n) is 4.52. The van der Waals surface area contributed by atoms with Crippen molar-refractivity contribution in [1.82, 2.24) is 9.62 Å². The Morgan fingerprint density at radius 2 is 1.71 bits per heavy atom. The number of benzene rings is 2. The Hall–Kier alpha value is -2.87. The topological polar surface area (TPSA) is 75.7 Å². The van der Waals surface area contributed by atoms with E-state index < -0.39 is 27.7 Å². The van der Waals surface area contributed by atoms with Crippen molar-refractivity contribution in [2.75, 3.05) is 32.8 Å². The van der Waals surface area contributed by atoms with Crippen molar-refractivity contribution in [3.05, 3.63) is 65.2 Å². The number of carbonyl (C=O) groups is 1. The van der Waals surface area contributed by atoms with E-state index in [0.717, 1.165) is 6.07 Å². The molecule has 2 aromatic carbocycles. The minimum atomic E-state index is -4.52. The lowest BCUT2D eigenvalue weighted by Crippen LogP contribution is -2.40. The predicted molar refractivity (Wildman–Crippen MR) is 107 cm³/mol. The van der Waals surface area contributed by atoms with Gasteiger partial charge < -0.3 is 10.1 Å². The molecule has 0 saturated carbocycles. The molecular formula is C21H19F3N2O4S. The van der Waals surface area contributed by atoms with E-state index in [1.165, 1.54) is 46.8 Å². The van der Waals surface area contributed by atoms with Crippen LogP contribution >= 0.6 is 0 Å². The van der Waals surface area contributed by atoms with Crippen LogP contribution in [0.25, 0.3) is 0 Å². The minimum Gasteiger partial charge on any atom is -0.379 e. The lowest BCUT2D eigenvalue weighted by molar-refractivity contribution is -0.137. The van der Waals surface area contributed by atoms with Gasteiger partial charge in [-0.2, -0.15) is 17.5 Å². The lowest BCUT2D eigenvalue weighted by Gasteiger charge is -2.26. The first-order valence-corrected chi connectivity index (χ1v) is 10.7. The highest BCUT2D eigenvalue weighted by Crippen LogP contribution is 2.31. The van der Waals surface area contributed by atoms with Gasteiger partial charge in [0.2, 0.25) is 10.0 Å². The lowest BCUT2D eigenvalue weighted by atomic mass is 10.1. The van der Waals surface area contributed by atoms with E-state index in [1.54, 1.807) is 0 Å². The number of rotatable bonds is 4. The van der Waals surface area contributed by atoms with Gasteiger partial charge in [0, 0.05) is 24.2 Å². The second-order valence-electron chi connectivity index (χ2n) is 6.57. The Balaban J connectivity index is 1.62. The number of morpholine rings is 1. The molecule has 1 heterocycles. The summed E-state index contributed by atoms with van der Waals surface area (Å²) < 4.78 is 70.5. The Morgan fingerprint density at radius 1 is 1.06 bits per heavy atom. The fourth-order valence-corrected chi connectivity index (χ4v) is 4.33. The van der Waals surface area contributed by atoms with Crippen LogP contribution in [0.5, 0.6) is 0 Å². The van der Waals surface area contributed by atoms with Gasteiger partial charge in [-0.15, -0.1) is 0 Å². The fraction of sp³-hybridized carbons (Fsp3) is 0.286. The van der Waals surface area contributed by atoms with Gasteiger partial charge in [-0.25, -0.2) is 8.42 Å². The van der Waals surface area contributed by atoms with E-state index in [2.05, 4.69) is 17.2 Å². The minimum absolute atomic E-state index is 0.0644. The number of alkyl halides is 3. The molecule has 0 spiro atoms. The van der Waals surface area contributed by atoms with Gasteiger partial charge in [0.25, 0.3) is 5.91 Å². The second kappa shape index (κ2) is 9.51. The third kappa shape index (κ3) is 5.64. The Morgan fingerprint density at radius 3 is 2.35 bits per heavy atom. The van der Waals surface area contributed by atoms with Gasteiger partial charge in [0.1, 0.15) is 0 Å². The molecule has 31 heavy (non-hydrogen) atoms. The molecule has 6 nitrogen and oxygen atoms in total. The van der Waals surface area contributed by atoms with Gasteiger partial charge in [0.15, 0.2) is 0 Å². The average molecular weight is 452 g/mol. The first-order chi connectivity index (χ1) is 14.7.